The minimum absolute atomic E-state index is 0.0793. The summed E-state index contributed by atoms with van der Waals surface area (Å²) >= 11 is 0. The van der Waals surface area contributed by atoms with E-state index in [0.29, 0.717) is 30.0 Å². The summed E-state index contributed by atoms with van der Waals surface area (Å²) in [6, 6.07) is 7.00. The van der Waals surface area contributed by atoms with Gasteiger partial charge in [-0.1, -0.05) is 0 Å². The topological polar surface area (TPSA) is 88.5 Å². The van der Waals surface area contributed by atoms with Crippen molar-refractivity contribution in [1.82, 2.24) is 20.0 Å². The first-order valence-electron chi connectivity index (χ1n) is 9.25. The Balaban J connectivity index is 1.41. The van der Waals surface area contributed by atoms with E-state index in [4.69, 9.17) is 4.74 Å². The zero-order valence-corrected chi connectivity index (χ0v) is 15.1. The first-order chi connectivity index (χ1) is 13.2. The smallest absolute Gasteiger partial charge is 0.256 e. The van der Waals surface area contributed by atoms with Crippen LogP contribution in [0.25, 0.3) is 0 Å². The van der Waals surface area contributed by atoms with Gasteiger partial charge in [0.1, 0.15) is 5.82 Å². The molecule has 1 aromatic carbocycles. The van der Waals surface area contributed by atoms with E-state index >= 15 is 0 Å². The number of hydrogen-bond donors (Lipinski definition) is 2. The molecule has 27 heavy (non-hydrogen) atoms. The molecule has 2 aromatic rings. The van der Waals surface area contributed by atoms with Crippen LogP contribution < -0.4 is 10.6 Å². The van der Waals surface area contributed by atoms with Crippen LogP contribution in [0, 0.1) is 0 Å². The Hall–Kier alpha value is -2.71. The number of benzene rings is 1. The minimum Gasteiger partial charge on any atom is -0.379 e. The largest absolute Gasteiger partial charge is 0.379 e. The molecule has 1 saturated heterocycles. The number of aromatic nitrogens is 2. The van der Waals surface area contributed by atoms with Gasteiger partial charge < -0.3 is 15.4 Å². The van der Waals surface area contributed by atoms with Crippen molar-refractivity contribution in [2.45, 2.75) is 13.0 Å². The summed E-state index contributed by atoms with van der Waals surface area (Å²) in [5.74, 6) is 0.394. The van der Waals surface area contributed by atoms with Gasteiger partial charge in [0.2, 0.25) is 0 Å². The lowest BCUT2D eigenvalue weighted by Gasteiger charge is -2.26. The molecule has 8 nitrogen and oxygen atoms in total. The van der Waals surface area contributed by atoms with Crippen LogP contribution in [0.15, 0.2) is 30.5 Å². The predicted molar refractivity (Wildman–Crippen MR) is 99.9 cm³/mol. The molecule has 0 spiro atoms. The molecule has 2 aliphatic rings. The van der Waals surface area contributed by atoms with Crippen LogP contribution in [0.1, 0.15) is 26.3 Å². The number of fused-ring (bicyclic) bond motifs is 1. The van der Waals surface area contributed by atoms with Crippen molar-refractivity contribution >= 4 is 17.6 Å². The number of carbonyl (C=O) groups excluding carboxylic acids is 2. The van der Waals surface area contributed by atoms with Gasteiger partial charge in [-0.15, -0.1) is 0 Å². The van der Waals surface area contributed by atoms with Crippen molar-refractivity contribution in [2.24, 2.45) is 0 Å². The Labute approximate surface area is 157 Å². The van der Waals surface area contributed by atoms with Gasteiger partial charge in [0, 0.05) is 43.4 Å². The number of anilines is 1. The summed E-state index contributed by atoms with van der Waals surface area (Å²) in [6.07, 6.45) is 2.42. The highest BCUT2D eigenvalue weighted by Gasteiger charge is 2.19. The highest BCUT2D eigenvalue weighted by Crippen LogP contribution is 2.17. The van der Waals surface area contributed by atoms with Gasteiger partial charge in [-0.2, -0.15) is 5.10 Å². The van der Waals surface area contributed by atoms with E-state index in [0.717, 1.165) is 44.8 Å². The number of rotatable bonds is 5. The van der Waals surface area contributed by atoms with Crippen LogP contribution in [0.5, 0.6) is 0 Å². The first kappa shape index (κ1) is 17.7. The highest BCUT2D eigenvalue weighted by atomic mass is 16.5. The Kier molecular flexibility index (Phi) is 5.17. The third-order valence-corrected chi connectivity index (χ3v) is 4.98. The number of ether oxygens (including phenoxy) is 1. The van der Waals surface area contributed by atoms with Crippen LogP contribution >= 0.6 is 0 Å². The lowest BCUT2D eigenvalue weighted by molar-refractivity contribution is 0.0360. The van der Waals surface area contributed by atoms with E-state index in [-0.39, 0.29) is 11.8 Å². The van der Waals surface area contributed by atoms with Crippen molar-refractivity contribution in [1.29, 1.82) is 0 Å². The van der Waals surface area contributed by atoms with Gasteiger partial charge >= 0.3 is 0 Å². The Bertz CT molecular complexity index is 842. The summed E-state index contributed by atoms with van der Waals surface area (Å²) < 4.78 is 7.17. The number of hydrogen-bond acceptors (Lipinski definition) is 5. The Morgan fingerprint density at radius 2 is 2.07 bits per heavy atom. The highest BCUT2D eigenvalue weighted by molar-refractivity contribution is 6.05. The molecule has 8 heteroatoms. The maximum Gasteiger partial charge on any atom is 0.256 e. The molecule has 0 aliphatic carbocycles. The summed E-state index contributed by atoms with van der Waals surface area (Å²) in [5, 5.41) is 10.1. The average Bonchev–Trinajstić information content (AvgIpc) is 3.14. The monoisotopic (exact) mass is 369 g/mol. The molecule has 4 rings (SSSR count). The molecule has 1 fully saturated rings. The number of nitrogens with one attached hydrogen (secondary N) is 2. The van der Waals surface area contributed by atoms with Gasteiger partial charge in [-0.3, -0.25) is 14.5 Å². The Morgan fingerprint density at radius 1 is 1.22 bits per heavy atom. The van der Waals surface area contributed by atoms with E-state index < -0.39 is 0 Å². The van der Waals surface area contributed by atoms with Crippen LogP contribution in [-0.2, 0) is 17.7 Å². The third kappa shape index (κ3) is 4.01. The molecule has 0 bridgehead atoms. The normalized spacial score (nSPS) is 17.3. The van der Waals surface area contributed by atoms with Gasteiger partial charge in [0.15, 0.2) is 0 Å². The molecule has 0 radical (unpaired) electrons. The first-order valence-corrected chi connectivity index (χ1v) is 9.25. The van der Waals surface area contributed by atoms with E-state index in [2.05, 4.69) is 20.6 Å². The molecule has 3 heterocycles. The summed E-state index contributed by atoms with van der Waals surface area (Å²) in [7, 11) is 0. The lowest BCUT2D eigenvalue weighted by atomic mass is 9.97. The number of nitrogens with zero attached hydrogens (tertiary/aromatic N) is 3. The quantitative estimate of drug-likeness (QED) is 0.812. The molecule has 2 N–H and O–H groups in total. The second kappa shape index (κ2) is 7.89. The van der Waals surface area contributed by atoms with Crippen molar-refractivity contribution in [3.05, 3.63) is 47.2 Å². The van der Waals surface area contributed by atoms with Gasteiger partial charge in [0.05, 0.1) is 26.0 Å². The van der Waals surface area contributed by atoms with E-state index in [1.165, 1.54) is 0 Å². The zero-order valence-electron chi connectivity index (χ0n) is 15.1. The van der Waals surface area contributed by atoms with E-state index in [1.807, 2.05) is 0 Å². The van der Waals surface area contributed by atoms with E-state index in [1.54, 1.807) is 35.1 Å². The number of morpholine rings is 1. The van der Waals surface area contributed by atoms with Gasteiger partial charge in [-0.25, -0.2) is 4.68 Å². The predicted octanol–water partition coefficient (Wildman–Crippen LogP) is 0.753. The van der Waals surface area contributed by atoms with Gasteiger partial charge in [0.25, 0.3) is 11.8 Å². The SMILES string of the molecule is O=C(Nc1ccnn1CCN1CCOCC1)c1ccc2c(c1)CCNC2=O. The summed E-state index contributed by atoms with van der Waals surface area (Å²) in [6.45, 7) is 5.54. The third-order valence-electron chi connectivity index (χ3n) is 4.98. The van der Waals surface area contributed by atoms with Crippen LogP contribution in [0.4, 0.5) is 5.82 Å². The fourth-order valence-electron chi connectivity index (χ4n) is 3.44. The maximum absolute atomic E-state index is 12.7. The molecule has 2 amide bonds. The van der Waals surface area contributed by atoms with Crippen molar-refractivity contribution in [2.75, 3.05) is 44.7 Å². The number of amides is 2. The Morgan fingerprint density at radius 3 is 2.93 bits per heavy atom. The molecule has 2 aliphatic heterocycles. The molecule has 1 aromatic heterocycles. The number of carbonyl (C=O) groups is 2. The van der Waals surface area contributed by atoms with Crippen LogP contribution in [0.3, 0.4) is 0 Å². The summed E-state index contributed by atoms with van der Waals surface area (Å²) in [4.78, 5) is 26.8. The molecular weight excluding hydrogens is 346 g/mol. The molecule has 0 atom stereocenters. The van der Waals surface area contributed by atoms with Crippen LogP contribution in [-0.4, -0.2) is 65.9 Å². The molecule has 0 unspecified atom stereocenters. The zero-order chi connectivity index (χ0) is 18.6. The fraction of sp³-hybridized carbons (Fsp3) is 0.421. The van der Waals surface area contributed by atoms with E-state index in [9.17, 15) is 9.59 Å². The molecular formula is C19H23N5O3. The van der Waals surface area contributed by atoms with Crippen LogP contribution in [0.2, 0.25) is 0 Å². The molecule has 142 valence electrons. The second-order valence-electron chi connectivity index (χ2n) is 6.73. The van der Waals surface area contributed by atoms with Crippen molar-refractivity contribution < 1.29 is 14.3 Å². The lowest BCUT2D eigenvalue weighted by Crippen LogP contribution is -2.38. The standard InChI is InChI=1S/C19H23N5O3/c25-18(15-1-2-16-14(13-15)3-5-20-19(16)26)22-17-4-6-21-24(17)8-7-23-9-11-27-12-10-23/h1-2,4,6,13H,3,5,7-12H2,(H,20,26)(H,22,25). The van der Waals surface area contributed by atoms with Crippen molar-refractivity contribution in [3.8, 4) is 0 Å². The molecule has 0 saturated carbocycles. The summed E-state index contributed by atoms with van der Waals surface area (Å²) in [5.41, 5.74) is 2.10. The average molecular weight is 369 g/mol. The maximum atomic E-state index is 12.7. The van der Waals surface area contributed by atoms with Gasteiger partial charge in [-0.05, 0) is 30.2 Å². The minimum atomic E-state index is -0.197. The second-order valence-corrected chi connectivity index (χ2v) is 6.73. The van der Waals surface area contributed by atoms with Crippen molar-refractivity contribution in [3.63, 3.8) is 0 Å². The fourth-order valence-corrected chi connectivity index (χ4v) is 3.44.